The van der Waals surface area contributed by atoms with Gasteiger partial charge in [-0.05, 0) is 32.1 Å². The Balaban J connectivity index is 2.32. The van der Waals surface area contributed by atoms with E-state index in [9.17, 15) is 0 Å². The minimum Gasteiger partial charge on any atom is -0.373 e. The summed E-state index contributed by atoms with van der Waals surface area (Å²) < 4.78 is 1.70. The Morgan fingerprint density at radius 1 is 1.12 bits per heavy atom. The van der Waals surface area contributed by atoms with Crippen LogP contribution in [-0.2, 0) is 0 Å². The molecular formula is C12H20N2S2. The van der Waals surface area contributed by atoms with Gasteiger partial charge in [0.2, 0.25) is 0 Å². The molecule has 0 fully saturated rings. The van der Waals surface area contributed by atoms with Crippen molar-refractivity contribution >= 4 is 30.1 Å². The van der Waals surface area contributed by atoms with E-state index >= 15 is 0 Å². The Hall–Kier alpha value is -0.320. The van der Waals surface area contributed by atoms with Crippen LogP contribution in [0.4, 0.5) is 5.69 Å². The van der Waals surface area contributed by atoms with Gasteiger partial charge in [0.05, 0.1) is 14.7 Å². The molecule has 0 aliphatic heterocycles. The lowest BCUT2D eigenvalue weighted by atomic mass is 10.2. The van der Waals surface area contributed by atoms with E-state index in [-0.39, 0.29) is 0 Å². The number of hydrogen-bond acceptors (Lipinski definition) is 4. The molecule has 4 heteroatoms. The van der Waals surface area contributed by atoms with E-state index in [1.165, 1.54) is 6.42 Å². The van der Waals surface area contributed by atoms with E-state index in [4.69, 9.17) is 24.4 Å². The molecular weight excluding hydrogens is 236 g/mol. The first-order chi connectivity index (χ1) is 7.60. The Morgan fingerprint density at radius 2 is 1.75 bits per heavy atom. The van der Waals surface area contributed by atoms with Gasteiger partial charge in [-0.2, -0.15) is 0 Å². The van der Waals surface area contributed by atoms with Crippen LogP contribution >= 0.6 is 24.4 Å². The highest BCUT2D eigenvalue weighted by Gasteiger charge is 2.08. The summed E-state index contributed by atoms with van der Waals surface area (Å²) >= 11 is 10.2. The summed E-state index contributed by atoms with van der Waals surface area (Å²) in [4.78, 5) is 4.65. The predicted molar refractivity (Wildman–Crippen MR) is 76.2 cm³/mol. The molecule has 0 heterocycles. The molecule has 2 nitrogen and oxygen atoms in total. The lowest BCUT2D eigenvalue weighted by Crippen LogP contribution is -2.28. The molecule has 0 aliphatic carbocycles. The first kappa shape index (κ1) is 13.7. The summed E-state index contributed by atoms with van der Waals surface area (Å²) in [5.74, 6) is 0. The second kappa shape index (κ2) is 6.42. The molecule has 0 N–H and O–H groups in total. The number of anilines is 1. The van der Waals surface area contributed by atoms with Gasteiger partial charge in [0.25, 0.3) is 0 Å². The summed E-state index contributed by atoms with van der Waals surface area (Å²) in [7, 11) is 2.09. The van der Waals surface area contributed by atoms with Crippen molar-refractivity contribution in [1.29, 1.82) is 0 Å². The minimum atomic E-state index is 0.834. The second-order valence-corrected chi connectivity index (χ2v) is 4.87. The third-order valence-electron chi connectivity index (χ3n) is 3.00. The van der Waals surface area contributed by atoms with Crippen LogP contribution in [0.1, 0.15) is 20.3 Å². The molecule has 0 atom stereocenters. The van der Waals surface area contributed by atoms with Gasteiger partial charge < -0.3 is 9.80 Å². The van der Waals surface area contributed by atoms with Gasteiger partial charge in [-0.25, -0.2) is 0 Å². The highest BCUT2D eigenvalue weighted by molar-refractivity contribution is 7.74. The maximum atomic E-state index is 5.19. The summed E-state index contributed by atoms with van der Waals surface area (Å²) in [6.07, 6.45) is 1.17. The summed E-state index contributed by atoms with van der Waals surface area (Å²) in [6.45, 7) is 8.87. The van der Waals surface area contributed by atoms with E-state index in [1.807, 2.05) is 6.07 Å². The minimum absolute atomic E-state index is 0.834. The molecule has 1 rings (SSSR count). The second-order valence-electron chi connectivity index (χ2n) is 4.02. The molecule has 0 saturated carbocycles. The van der Waals surface area contributed by atoms with Crippen LogP contribution in [-0.4, -0.2) is 38.1 Å². The molecule has 0 saturated heterocycles. The average Bonchev–Trinajstić information content (AvgIpc) is 2.30. The number of rotatable bonds is 7. The zero-order chi connectivity index (χ0) is 12.1. The maximum absolute atomic E-state index is 5.19. The lowest BCUT2D eigenvalue weighted by molar-refractivity contribution is 0.301. The Kier molecular flexibility index (Phi) is 5.52. The van der Waals surface area contributed by atoms with Crippen LogP contribution in [0.25, 0.3) is 0 Å². The smallest absolute Gasteiger partial charge is 0.0792 e. The van der Waals surface area contributed by atoms with Crippen LogP contribution in [0.2, 0.25) is 0 Å². The maximum Gasteiger partial charge on any atom is 0.0792 e. The predicted octanol–water partition coefficient (Wildman–Crippen LogP) is 3.19. The van der Waals surface area contributed by atoms with Crippen molar-refractivity contribution in [1.82, 2.24) is 4.90 Å². The highest BCUT2D eigenvalue weighted by atomic mass is 32.1. The quantitative estimate of drug-likeness (QED) is 0.691. The fourth-order valence-corrected chi connectivity index (χ4v) is 2.27. The van der Waals surface area contributed by atoms with Crippen molar-refractivity contribution in [2.75, 3.05) is 38.1 Å². The molecule has 1 aromatic rings. The Bertz CT molecular complexity index is 389. The van der Waals surface area contributed by atoms with Gasteiger partial charge in [-0.1, -0.05) is 38.3 Å². The summed E-state index contributed by atoms with van der Waals surface area (Å²) in [6, 6.07) is 2.00. The molecule has 90 valence electrons. The molecule has 0 spiro atoms. The van der Waals surface area contributed by atoms with Crippen molar-refractivity contribution in [2.24, 2.45) is 0 Å². The number of hydrogen-bond donors (Lipinski definition) is 0. The van der Waals surface area contributed by atoms with Crippen LogP contribution in [0.15, 0.2) is 6.07 Å². The summed E-state index contributed by atoms with van der Waals surface area (Å²) in [5.41, 5.74) is 1.14. The van der Waals surface area contributed by atoms with Gasteiger partial charge in [0, 0.05) is 13.6 Å². The average molecular weight is 256 g/mol. The fraction of sp³-hybridized carbons (Fsp3) is 0.667. The zero-order valence-electron chi connectivity index (χ0n) is 10.3. The molecule has 0 unspecified atom stereocenters. The van der Waals surface area contributed by atoms with Gasteiger partial charge in [0.1, 0.15) is 0 Å². The monoisotopic (exact) mass is 256 g/mol. The van der Waals surface area contributed by atoms with Crippen molar-refractivity contribution < 1.29 is 0 Å². The molecule has 0 aromatic heterocycles. The molecule has 0 aliphatic rings. The van der Waals surface area contributed by atoms with E-state index in [0.717, 1.165) is 40.9 Å². The van der Waals surface area contributed by atoms with E-state index < -0.39 is 0 Å². The Labute approximate surface area is 109 Å². The van der Waals surface area contributed by atoms with E-state index in [0.29, 0.717) is 0 Å². The number of nitrogens with zero attached hydrogens (tertiary/aromatic N) is 2. The van der Waals surface area contributed by atoms with Crippen molar-refractivity contribution in [2.45, 2.75) is 20.3 Å². The fourth-order valence-electron chi connectivity index (χ4n) is 1.78. The standard InChI is InChI=1S/C12H20N2S2/c1-4-14(5-2)8-6-7-13(3)10-9-11(15)12(10)16/h9H,4-8H2,1-3H3. The highest BCUT2D eigenvalue weighted by Crippen LogP contribution is 2.21. The third kappa shape index (κ3) is 3.34. The van der Waals surface area contributed by atoms with Crippen molar-refractivity contribution in [3.05, 3.63) is 15.1 Å². The van der Waals surface area contributed by atoms with Crippen molar-refractivity contribution in [3.8, 4) is 0 Å². The molecule has 0 bridgehead atoms. The van der Waals surface area contributed by atoms with Crippen molar-refractivity contribution in [3.63, 3.8) is 0 Å². The third-order valence-corrected chi connectivity index (χ3v) is 3.88. The lowest BCUT2D eigenvalue weighted by Gasteiger charge is -2.23. The topological polar surface area (TPSA) is 6.48 Å². The Morgan fingerprint density at radius 3 is 2.19 bits per heavy atom. The van der Waals surface area contributed by atoms with Gasteiger partial charge in [-0.3, -0.25) is 0 Å². The van der Waals surface area contributed by atoms with Gasteiger partial charge >= 0.3 is 0 Å². The largest absolute Gasteiger partial charge is 0.373 e. The SMILES string of the molecule is CCN(CC)CCCN(C)c1cc(=S)c1=S. The zero-order valence-corrected chi connectivity index (χ0v) is 12.0. The molecule has 0 radical (unpaired) electrons. The summed E-state index contributed by atoms with van der Waals surface area (Å²) in [5, 5.41) is 0. The van der Waals surface area contributed by atoms with Crippen LogP contribution in [0.5, 0.6) is 0 Å². The van der Waals surface area contributed by atoms with E-state index in [2.05, 4.69) is 30.7 Å². The normalized spacial score (nSPS) is 11.2. The molecule has 1 aromatic carbocycles. The van der Waals surface area contributed by atoms with Crippen LogP contribution in [0.3, 0.4) is 0 Å². The van der Waals surface area contributed by atoms with Crippen LogP contribution < -0.4 is 4.90 Å². The first-order valence-electron chi connectivity index (χ1n) is 5.84. The van der Waals surface area contributed by atoms with Gasteiger partial charge in [0.15, 0.2) is 0 Å². The van der Waals surface area contributed by atoms with Gasteiger partial charge in [-0.15, -0.1) is 0 Å². The first-order valence-corrected chi connectivity index (χ1v) is 6.65. The molecule has 16 heavy (non-hydrogen) atoms. The van der Waals surface area contributed by atoms with Crippen LogP contribution in [0, 0.1) is 9.02 Å². The molecule has 0 amide bonds. The van der Waals surface area contributed by atoms with E-state index in [1.54, 1.807) is 0 Å².